The van der Waals surface area contributed by atoms with Gasteiger partial charge in [0.05, 0.1) is 0 Å². The van der Waals surface area contributed by atoms with Crippen molar-refractivity contribution in [1.29, 1.82) is 0 Å². The van der Waals surface area contributed by atoms with E-state index < -0.39 is 5.97 Å². The number of nitrogens with zero attached hydrogens (tertiary/aromatic N) is 4. The highest BCUT2D eigenvalue weighted by molar-refractivity contribution is 9.10. The van der Waals surface area contributed by atoms with Gasteiger partial charge in [-0.05, 0) is 33.6 Å². The molecule has 3 rings (SSSR count). The smallest absolute Gasteiger partial charge is 0.326 e. The molecule has 0 saturated carbocycles. The van der Waals surface area contributed by atoms with Crippen molar-refractivity contribution in [3.05, 3.63) is 56.1 Å². The second-order valence-electron chi connectivity index (χ2n) is 5.08. The van der Waals surface area contributed by atoms with Gasteiger partial charge < -0.3 is 4.74 Å². The Hall–Kier alpha value is -2.19. The number of aryl methyl sites for hydroxylation is 1. The standard InChI is InChI=1S/C15H12BrClN4O3/c1-20-14-12(13(16)19-20)15(23)21(8-18-14)6-11(22)24-7-9-2-4-10(17)5-3-9/h2-5,8H,6-7H2,1H3. The Morgan fingerprint density at radius 2 is 2.04 bits per heavy atom. The lowest BCUT2D eigenvalue weighted by Crippen LogP contribution is -2.25. The van der Waals surface area contributed by atoms with Gasteiger partial charge in [-0.25, -0.2) is 9.67 Å². The highest BCUT2D eigenvalue weighted by Gasteiger charge is 2.15. The van der Waals surface area contributed by atoms with Gasteiger partial charge in [0, 0.05) is 12.1 Å². The molecule has 0 fully saturated rings. The summed E-state index contributed by atoms with van der Waals surface area (Å²) in [6, 6.07) is 6.96. The lowest BCUT2D eigenvalue weighted by Gasteiger charge is -2.07. The minimum Gasteiger partial charge on any atom is -0.459 e. The van der Waals surface area contributed by atoms with E-state index in [9.17, 15) is 9.59 Å². The maximum atomic E-state index is 12.4. The molecular weight excluding hydrogens is 400 g/mol. The summed E-state index contributed by atoms with van der Waals surface area (Å²) in [5.74, 6) is -0.534. The van der Waals surface area contributed by atoms with Crippen LogP contribution in [0.15, 0.2) is 40.0 Å². The van der Waals surface area contributed by atoms with Crippen LogP contribution in [0.5, 0.6) is 0 Å². The van der Waals surface area contributed by atoms with Crippen molar-refractivity contribution >= 4 is 44.5 Å². The topological polar surface area (TPSA) is 79.0 Å². The number of aromatic nitrogens is 4. The molecule has 3 aromatic rings. The molecule has 0 bridgehead atoms. The van der Waals surface area contributed by atoms with Crippen LogP contribution in [0.4, 0.5) is 0 Å². The molecule has 0 aliphatic rings. The van der Waals surface area contributed by atoms with Crippen molar-refractivity contribution in [1.82, 2.24) is 19.3 Å². The normalized spacial score (nSPS) is 11.0. The molecular formula is C15H12BrClN4O3. The third-order valence-electron chi connectivity index (χ3n) is 3.38. The summed E-state index contributed by atoms with van der Waals surface area (Å²) in [5, 5.41) is 5.02. The van der Waals surface area contributed by atoms with Gasteiger partial charge >= 0.3 is 5.97 Å². The average Bonchev–Trinajstić information content (AvgIpc) is 2.84. The van der Waals surface area contributed by atoms with E-state index in [0.717, 1.165) is 5.56 Å². The third-order valence-corrected chi connectivity index (χ3v) is 4.19. The van der Waals surface area contributed by atoms with E-state index in [1.54, 1.807) is 31.3 Å². The van der Waals surface area contributed by atoms with Gasteiger partial charge in [-0.15, -0.1) is 0 Å². The molecule has 0 spiro atoms. The predicted molar refractivity (Wildman–Crippen MR) is 91.7 cm³/mol. The largest absolute Gasteiger partial charge is 0.459 e. The molecule has 0 radical (unpaired) electrons. The highest BCUT2D eigenvalue weighted by atomic mass is 79.9. The van der Waals surface area contributed by atoms with Gasteiger partial charge in [0.25, 0.3) is 5.56 Å². The maximum absolute atomic E-state index is 12.4. The molecule has 0 aliphatic carbocycles. The van der Waals surface area contributed by atoms with Crippen LogP contribution < -0.4 is 5.56 Å². The zero-order valence-corrected chi connectivity index (χ0v) is 14.9. The number of fused-ring (bicyclic) bond motifs is 1. The van der Waals surface area contributed by atoms with Crippen molar-refractivity contribution in [2.45, 2.75) is 13.2 Å². The Morgan fingerprint density at radius 3 is 2.75 bits per heavy atom. The number of hydrogen-bond donors (Lipinski definition) is 0. The minimum atomic E-state index is -0.534. The molecule has 1 aromatic carbocycles. The fraction of sp³-hybridized carbons (Fsp3) is 0.200. The molecule has 0 N–H and O–H groups in total. The zero-order chi connectivity index (χ0) is 17.3. The summed E-state index contributed by atoms with van der Waals surface area (Å²) in [4.78, 5) is 28.5. The van der Waals surface area contributed by atoms with Crippen molar-refractivity contribution in [3.8, 4) is 0 Å². The highest BCUT2D eigenvalue weighted by Crippen LogP contribution is 2.16. The van der Waals surface area contributed by atoms with Gasteiger partial charge in [0.1, 0.15) is 29.5 Å². The lowest BCUT2D eigenvalue weighted by molar-refractivity contribution is -0.145. The predicted octanol–water partition coefficient (Wildman–Crippen LogP) is 2.29. The summed E-state index contributed by atoms with van der Waals surface area (Å²) >= 11 is 9.02. The second kappa shape index (κ2) is 6.74. The number of carbonyl (C=O) groups is 1. The quantitative estimate of drug-likeness (QED) is 0.616. The van der Waals surface area contributed by atoms with E-state index in [-0.39, 0.29) is 18.7 Å². The Labute approximate surface area is 149 Å². The fourth-order valence-corrected chi connectivity index (χ4v) is 2.89. The number of hydrogen-bond acceptors (Lipinski definition) is 5. The van der Waals surface area contributed by atoms with Crippen molar-refractivity contribution in [2.75, 3.05) is 0 Å². The molecule has 24 heavy (non-hydrogen) atoms. The second-order valence-corrected chi connectivity index (χ2v) is 6.27. The average molecular weight is 412 g/mol. The number of benzene rings is 1. The van der Waals surface area contributed by atoms with Crippen LogP contribution in [0.25, 0.3) is 11.0 Å². The van der Waals surface area contributed by atoms with Gasteiger partial charge in [-0.3, -0.25) is 14.2 Å². The summed E-state index contributed by atoms with van der Waals surface area (Å²) in [5.41, 5.74) is 0.893. The maximum Gasteiger partial charge on any atom is 0.326 e. The van der Waals surface area contributed by atoms with Crippen molar-refractivity contribution < 1.29 is 9.53 Å². The minimum absolute atomic E-state index is 0.108. The fourth-order valence-electron chi connectivity index (χ4n) is 2.18. The lowest BCUT2D eigenvalue weighted by atomic mass is 10.2. The zero-order valence-electron chi connectivity index (χ0n) is 12.6. The molecule has 124 valence electrons. The van der Waals surface area contributed by atoms with Crippen molar-refractivity contribution in [3.63, 3.8) is 0 Å². The van der Waals surface area contributed by atoms with E-state index >= 15 is 0 Å². The number of halogens is 2. The van der Waals surface area contributed by atoms with E-state index in [2.05, 4.69) is 26.0 Å². The molecule has 2 aromatic heterocycles. The first-order valence-electron chi connectivity index (χ1n) is 6.93. The Kier molecular flexibility index (Phi) is 4.68. The molecule has 2 heterocycles. The summed E-state index contributed by atoms with van der Waals surface area (Å²) in [6.07, 6.45) is 1.31. The van der Waals surface area contributed by atoms with Crippen LogP contribution >= 0.6 is 27.5 Å². The molecule has 7 nitrogen and oxygen atoms in total. The van der Waals surface area contributed by atoms with Crippen LogP contribution in [0, 0.1) is 0 Å². The monoisotopic (exact) mass is 410 g/mol. The van der Waals surface area contributed by atoms with Gasteiger partial charge in [0.2, 0.25) is 0 Å². The van der Waals surface area contributed by atoms with Crippen LogP contribution in [-0.2, 0) is 29.7 Å². The van der Waals surface area contributed by atoms with Crippen LogP contribution in [-0.4, -0.2) is 25.3 Å². The van der Waals surface area contributed by atoms with Crippen molar-refractivity contribution in [2.24, 2.45) is 7.05 Å². The Bertz CT molecular complexity index is 965. The molecule has 0 saturated heterocycles. The number of carbonyl (C=O) groups excluding carboxylic acids is 1. The molecule has 0 unspecified atom stereocenters. The summed E-state index contributed by atoms with van der Waals surface area (Å²) < 4.78 is 8.25. The Morgan fingerprint density at radius 1 is 1.33 bits per heavy atom. The van der Waals surface area contributed by atoms with Gasteiger partial charge in [-0.1, -0.05) is 23.7 Å². The third kappa shape index (κ3) is 3.34. The van der Waals surface area contributed by atoms with Crippen LogP contribution in [0.3, 0.4) is 0 Å². The first-order valence-corrected chi connectivity index (χ1v) is 8.10. The molecule has 0 aliphatic heterocycles. The van der Waals surface area contributed by atoms with Gasteiger partial charge in [-0.2, -0.15) is 5.10 Å². The summed E-state index contributed by atoms with van der Waals surface area (Å²) in [6.45, 7) is -0.117. The first-order chi connectivity index (χ1) is 11.5. The SMILES string of the molecule is Cn1nc(Br)c2c(=O)n(CC(=O)OCc3ccc(Cl)cc3)cnc21. The van der Waals surface area contributed by atoms with E-state index in [0.29, 0.717) is 20.7 Å². The number of ether oxygens (including phenoxy) is 1. The molecule has 0 atom stereocenters. The Balaban J connectivity index is 1.73. The van der Waals surface area contributed by atoms with Crippen LogP contribution in [0.2, 0.25) is 5.02 Å². The first kappa shape index (κ1) is 16.7. The van der Waals surface area contributed by atoms with Crippen LogP contribution in [0.1, 0.15) is 5.56 Å². The molecule has 9 heteroatoms. The summed E-state index contributed by atoms with van der Waals surface area (Å²) in [7, 11) is 1.68. The molecule has 0 amide bonds. The van der Waals surface area contributed by atoms with Gasteiger partial charge in [0.15, 0.2) is 5.65 Å². The van der Waals surface area contributed by atoms with E-state index in [4.69, 9.17) is 16.3 Å². The van der Waals surface area contributed by atoms with E-state index in [1.807, 2.05) is 0 Å². The number of rotatable bonds is 4. The number of esters is 1. The van der Waals surface area contributed by atoms with E-state index in [1.165, 1.54) is 15.6 Å².